The third-order valence-electron chi connectivity index (χ3n) is 11.2. The van der Waals surface area contributed by atoms with Crippen molar-refractivity contribution in [1.29, 1.82) is 0 Å². The van der Waals surface area contributed by atoms with Crippen molar-refractivity contribution in [2.45, 2.75) is 71.4 Å². The molecule has 2 aromatic carbocycles. The lowest BCUT2D eigenvalue weighted by Gasteiger charge is -2.40. The van der Waals surface area contributed by atoms with Gasteiger partial charge >= 0.3 is 7.05 Å². The summed E-state index contributed by atoms with van der Waals surface area (Å²) in [5, 5.41) is 17.7. The predicted molar refractivity (Wildman–Crippen MR) is 236 cm³/mol. The van der Waals surface area contributed by atoms with Crippen molar-refractivity contribution in [2.24, 2.45) is 0 Å². The van der Waals surface area contributed by atoms with Crippen molar-refractivity contribution >= 4 is 68.0 Å². The Hall–Kier alpha value is -2.39. The van der Waals surface area contributed by atoms with Gasteiger partial charge in [0.2, 0.25) is 5.91 Å². The van der Waals surface area contributed by atoms with Crippen LogP contribution in [-0.4, -0.2) is 101 Å². The predicted octanol–water partition coefficient (Wildman–Crippen LogP) is 7.54. The third kappa shape index (κ3) is 9.89. The van der Waals surface area contributed by atoms with Crippen LogP contribution in [-0.2, 0) is 30.5 Å². The summed E-state index contributed by atoms with van der Waals surface area (Å²) in [5.41, 5.74) is 10.1. The first-order chi connectivity index (χ1) is 26.6. The number of rotatable bonds is 6. The summed E-state index contributed by atoms with van der Waals surface area (Å²) >= 11 is 19.7. The number of nitrogens with one attached hydrogen (secondary N) is 2. The minimum absolute atomic E-state index is 0. The highest BCUT2D eigenvalue weighted by atomic mass is 79.9. The van der Waals surface area contributed by atoms with Gasteiger partial charge in [0.25, 0.3) is 0 Å². The molecule has 14 heteroatoms. The standard InChI is InChI=1S/C23H29BBrClN4O2.C18H19BrClN3.CH4/c1-3-20(28-24(2)32)23(31)30-10-8-29(9-11-30)22-19-7-6-18(26)13-15(19)4-5-16-12-17(25)14-27-21(16)22;19-14-9-13-2-1-12-10-15(20)3-4-16(12)18(17(13)22-11-14)23-7-5-21-6-8-23;/h6-7,12-14,20,22,28,32H,3-5,8-11H2,1-2H3;3-4,9-11,18,21H,1-2,5-8H2;1H4. The van der Waals surface area contributed by atoms with Crippen molar-refractivity contribution in [3.8, 4) is 0 Å². The van der Waals surface area contributed by atoms with Gasteiger partial charge in [-0.25, -0.2) is 0 Å². The van der Waals surface area contributed by atoms with Crippen molar-refractivity contribution in [3.05, 3.63) is 125 Å². The summed E-state index contributed by atoms with van der Waals surface area (Å²) in [6, 6.07) is 16.8. The van der Waals surface area contributed by atoms with E-state index in [0.29, 0.717) is 19.5 Å². The highest BCUT2D eigenvalue weighted by Crippen LogP contribution is 2.39. The van der Waals surface area contributed by atoms with Crippen LogP contribution in [0.4, 0.5) is 0 Å². The maximum atomic E-state index is 13.0. The van der Waals surface area contributed by atoms with E-state index in [-0.39, 0.29) is 31.5 Å². The first-order valence-corrected chi connectivity index (χ1v) is 21.7. The largest absolute Gasteiger partial charge is 0.437 e. The van der Waals surface area contributed by atoms with E-state index in [1.165, 1.54) is 39.1 Å². The Morgan fingerprint density at radius 1 is 0.804 bits per heavy atom. The average Bonchev–Trinajstić information content (AvgIpc) is 3.44. The second kappa shape index (κ2) is 19.6. The van der Waals surface area contributed by atoms with Crippen LogP contribution in [0.5, 0.6) is 0 Å². The number of hydrogen-bond acceptors (Lipinski definition) is 8. The van der Waals surface area contributed by atoms with Crippen LogP contribution in [0.25, 0.3) is 0 Å². The molecule has 298 valence electrons. The number of hydrogen-bond donors (Lipinski definition) is 3. The number of halogens is 4. The normalized spacial score (nSPS) is 20.0. The fourth-order valence-corrected chi connectivity index (χ4v) is 9.73. The molecule has 1 amide bonds. The molecule has 3 unspecified atom stereocenters. The highest BCUT2D eigenvalue weighted by Gasteiger charge is 2.35. The molecule has 3 N–H and O–H groups in total. The molecule has 0 saturated carbocycles. The second-order valence-corrected chi connectivity index (χ2v) is 17.5. The van der Waals surface area contributed by atoms with Crippen molar-refractivity contribution in [3.63, 3.8) is 0 Å². The summed E-state index contributed by atoms with van der Waals surface area (Å²) < 4.78 is 2.05. The minimum Gasteiger partial charge on any atom is -0.437 e. The van der Waals surface area contributed by atoms with Crippen LogP contribution in [0.15, 0.2) is 69.9 Å². The Labute approximate surface area is 359 Å². The van der Waals surface area contributed by atoms with Gasteiger partial charge in [-0.2, -0.15) is 0 Å². The van der Waals surface area contributed by atoms with E-state index >= 15 is 0 Å². The van der Waals surface area contributed by atoms with Crippen LogP contribution in [0, 0.1) is 0 Å². The van der Waals surface area contributed by atoms with E-state index < -0.39 is 7.05 Å². The van der Waals surface area contributed by atoms with Gasteiger partial charge < -0.3 is 20.5 Å². The molecule has 4 aromatic rings. The molecule has 2 saturated heterocycles. The Balaban J connectivity index is 0.000000196. The molecule has 2 aromatic heterocycles. The number of carbonyl (C=O) groups excluding carboxylic acids is 1. The van der Waals surface area contributed by atoms with Crippen molar-refractivity contribution < 1.29 is 9.82 Å². The van der Waals surface area contributed by atoms with Crippen molar-refractivity contribution in [2.75, 3.05) is 52.4 Å². The zero-order valence-electron chi connectivity index (χ0n) is 31.4. The second-order valence-electron chi connectivity index (χ2n) is 14.8. The number of aromatic nitrogens is 2. The van der Waals surface area contributed by atoms with Gasteiger partial charge in [-0.05, 0) is 141 Å². The van der Waals surface area contributed by atoms with E-state index in [9.17, 15) is 9.82 Å². The van der Waals surface area contributed by atoms with Crippen LogP contribution < -0.4 is 10.5 Å². The average molecular weight is 928 g/mol. The summed E-state index contributed by atoms with van der Waals surface area (Å²) in [5.74, 6) is 0.0588. The van der Waals surface area contributed by atoms with Gasteiger partial charge in [-0.1, -0.05) is 49.7 Å². The maximum absolute atomic E-state index is 13.0. The smallest absolute Gasteiger partial charge is 0.374 e. The first-order valence-electron chi connectivity index (χ1n) is 19.4. The van der Waals surface area contributed by atoms with Gasteiger partial charge in [0.1, 0.15) is 0 Å². The highest BCUT2D eigenvalue weighted by molar-refractivity contribution is 9.10. The third-order valence-corrected chi connectivity index (χ3v) is 12.6. The van der Waals surface area contributed by atoms with Gasteiger partial charge in [0, 0.05) is 83.7 Å². The monoisotopic (exact) mass is 925 g/mol. The van der Waals surface area contributed by atoms with Crippen LogP contribution >= 0.6 is 55.1 Å². The number of nitrogens with zero attached hydrogens (tertiary/aromatic N) is 5. The zero-order chi connectivity index (χ0) is 38.6. The molecule has 8 rings (SSSR count). The SMILES string of the molecule is C.CCC(NB(C)O)C(=O)N1CCN(C2c3ccc(Cl)cc3CCc3cc(Br)cnc32)CC1.Clc1ccc2c(c1)CCc1cc(Br)cnc1C2N1CCNCC1. The van der Waals surface area contributed by atoms with Crippen LogP contribution in [0.2, 0.25) is 16.9 Å². The van der Waals surface area contributed by atoms with E-state index in [1.54, 1.807) is 6.82 Å². The Bertz CT molecular complexity index is 1890. The lowest BCUT2D eigenvalue weighted by molar-refractivity contribution is -0.135. The molecule has 2 aliphatic carbocycles. The molecule has 0 bridgehead atoms. The number of benzene rings is 2. The molecule has 4 heterocycles. The summed E-state index contributed by atoms with van der Waals surface area (Å²) in [4.78, 5) is 29.5. The molecule has 0 radical (unpaired) electrons. The lowest BCUT2D eigenvalue weighted by atomic mass is 9.86. The Kier molecular flexibility index (Phi) is 15.1. The minimum atomic E-state index is -0.707. The Morgan fingerprint density at radius 3 is 1.73 bits per heavy atom. The van der Waals surface area contributed by atoms with E-state index in [2.05, 4.69) is 88.6 Å². The number of fused-ring (bicyclic) bond motifs is 4. The van der Waals surface area contributed by atoms with Gasteiger partial charge in [-0.15, -0.1) is 0 Å². The summed E-state index contributed by atoms with van der Waals surface area (Å²) in [7, 11) is -0.707. The van der Waals surface area contributed by atoms with Crippen LogP contribution in [0.1, 0.15) is 77.6 Å². The molecule has 2 fully saturated rings. The molecule has 0 spiro atoms. The number of carbonyl (C=O) groups is 1. The van der Waals surface area contributed by atoms with Gasteiger partial charge in [0.15, 0.2) is 0 Å². The van der Waals surface area contributed by atoms with Crippen LogP contribution in [0.3, 0.4) is 0 Å². The zero-order valence-corrected chi connectivity index (χ0v) is 36.1. The lowest BCUT2D eigenvalue weighted by Crippen LogP contribution is -2.56. The number of aryl methyl sites for hydroxylation is 4. The topological polar surface area (TPSA) is 96.9 Å². The molecule has 4 aliphatic rings. The summed E-state index contributed by atoms with van der Waals surface area (Å²) in [6.07, 6.45) is 8.33. The first kappa shape index (κ1) is 43.2. The molecule has 9 nitrogen and oxygen atoms in total. The van der Waals surface area contributed by atoms with Crippen molar-refractivity contribution in [1.82, 2.24) is 35.2 Å². The van der Waals surface area contributed by atoms with Gasteiger partial charge in [0.05, 0.1) is 29.5 Å². The van der Waals surface area contributed by atoms with Gasteiger partial charge in [-0.3, -0.25) is 24.6 Å². The maximum Gasteiger partial charge on any atom is 0.374 e. The van der Waals surface area contributed by atoms with E-state index in [4.69, 9.17) is 33.2 Å². The van der Waals surface area contributed by atoms with E-state index in [1.807, 2.05) is 36.4 Å². The fraction of sp³-hybridized carbons (Fsp3) is 0.452. The molecule has 3 atom stereocenters. The molecular weight excluding hydrogens is 876 g/mol. The Morgan fingerprint density at radius 2 is 1.27 bits per heavy atom. The van der Waals surface area contributed by atoms with E-state index in [0.717, 1.165) is 89.6 Å². The fourth-order valence-electron chi connectivity index (χ4n) is 8.58. The number of pyridine rings is 2. The molecule has 56 heavy (non-hydrogen) atoms. The molecule has 2 aliphatic heterocycles. The molecular formula is C42H52BBr2Cl2N7O2. The summed E-state index contributed by atoms with van der Waals surface area (Å²) in [6.45, 7) is 10.6. The quantitative estimate of drug-likeness (QED) is 0.171. The number of piperazine rings is 2. The number of amides is 1.